The molecular formula is C20H24ClN3O4S. The van der Waals surface area contributed by atoms with Gasteiger partial charge in [0.15, 0.2) is 0 Å². The SMILES string of the molecule is CN(C)C(=O)c1cccc(NC(=O)c2ccc(Cl)c(S(=O)(=O)NC(C)(C)C)c2)c1. The summed E-state index contributed by atoms with van der Waals surface area (Å²) >= 11 is 6.07. The van der Waals surface area contributed by atoms with Crippen molar-refractivity contribution in [3.8, 4) is 0 Å². The zero-order valence-corrected chi connectivity index (χ0v) is 18.5. The number of rotatable bonds is 5. The van der Waals surface area contributed by atoms with Gasteiger partial charge in [0, 0.05) is 36.4 Å². The average molecular weight is 438 g/mol. The molecule has 2 aromatic rings. The van der Waals surface area contributed by atoms with Crippen LogP contribution in [0.1, 0.15) is 41.5 Å². The van der Waals surface area contributed by atoms with Crippen molar-refractivity contribution in [3.05, 3.63) is 58.6 Å². The fraction of sp³-hybridized carbons (Fsp3) is 0.300. The van der Waals surface area contributed by atoms with Crippen LogP contribution in [-0.2, 0) is 10.0 Å². The Balaban J connectivity index is 2.31. The summed E-state index contributed by atoms with van der Waals surface area (Å²) in [4.78, 5) is 26.0. The third kappa shape index (κ3) is 6.03. The number of halogens is 1. The van der Waals surface area contributed by atoms with Gasteiger partial charge in [-0.3, -0.25) is 9.59 Å². The summed E-state index contributed by atoms with van der Waals surface area (Å²) in [7, 11) is -0.649. The maximum absolute atomic E-state index is 12.6. The lowest BCUT2D eigenvalue weighted by atomic mass is 10.1. The van der Waals surface area contributed by atoms with E-state index in [0.717, 1.165) is 0 Å². The molecule has 0 spiro atoms. The van der Waals surface area contributed by atoms with Crippen LogP contribution in [-0.4, -0.2) is 44.8 Å². The van der Waals surface area contributed by atoms with Crippen molar-refractivity contribution in [2.75, 3.05) is 19.4 Å². The minimum atomic E-state index is -3.92. The second-order valence-electron chi connectivity index (χ2n) is 7.74. The van der Waals surface area contributed by atoms with Gasteiger partial charge in [0.05, 0.1) is 5.02 Å². The first-order valence-corrected chi connectivity index (χ1v) is 10.6. The van der Waals surface area contributed by atoms with Crippen molar-refractivity contribution in [1.29, 1.82) is 0 Å². The minimum Gasteiger partial charge on any atom is -0.345 e. The van der Waals surface area contributed by atoms with Crippen molar-refractivity contribution < 1.29 is 18.0 Å². The summed E-state index contributed by atoms with van der Waals surface area (Å²) in [6.45, 7) is 5.12. The number of hydrogen-bond acceptors (Lipinski definition) is 4. The van der Waals surface area contributed by atoms with Crippen LogP contribution in [0.25, 0.3) is 0 Å². The Hall–Kier alpha value is -2.42. The lowest BCUT2D eigenvalue weighted by molar-refractivity contribution is 0.0827. The molecule has 0 atom stereocenters. The van der Waals surface area contributed by atoms with Crippen LogP contribution in [0.15, 0.2) is 47.4 Å². The third-order valence-electron chi connectivity index (χ3n) is 3.70. The average Bonchev–Trinajstić information content (AvgIpc) is 2.59. The lowest BCUT2D eigenvalue weighted by Crippen LogP contribution is -2.40. The molecule has 0 radical (unpaired) electrons. The molecule has 9 heteroatoms. The summed E-state index contributed by atoms with van der Waals surface area (Å²) < 4.78 is 27.7. The van der Waals surface area contributed by atoms with Crippen LogP contribution >= 0.6 is 11.6 Å². The zero-order chi connectivity index (χ0) is 22.0. The Bertz CT molecular complexity index is 1040. The van der Waals surface area contributed by atoms with Crippen LogP contribution in [0.4, 0.5) is 5.69 Å². The number of carbonyl (C=O) groups excluding carboxylic acids is 2. The maximum atomic E-state index is 12.6. The molecule has 0 aromatic heterocycles. The third-order valence-corrected chi connectivity index (χ3v) is 5.94. The van der Waals surface area contributed by atoms with Crippen molar-refractivity contribution >= 4 is 39.1 Å². The Morgan fingerprint density at radius 2 is 1.66 bits per heavy atom. The van der Waals surface area contributed by atoms with Gasteiger partial charge < -0.3 is 10.2 Å². The van der Waals surface area contributed by atoms with E-state index in [9.17, 15) is 18.0 Å². The van der Waals surface area contributed by atoms with Crippen molar-refractivity contribution in [1.82, 2.24) is 9.62 Å². The van der Waals surface area contributed by atoms with E-state index in [-0.39, 0.29) is 21.4 Å². The molecule has 0 aliphatic rings. The molecule has 0 aliphatic carbocycles. The van der Waals surface area contributed by atoms with E-state index in [1.54, 1.807) is 59.1 Å². The number of anilines is 1. The Morgan fingerprint density at radius 3 is 2.24 bits per heavy atom. The predicted octanol–water partition coefficient (Wildman–Crippen LogP) is 3.37. The van der Waals surface area contributed by atoms with Crippen molar-refractivity contribution in [2.24, 2.45) is 0 Å². The quantitative estimate of drug-likeness (QED) is 0.749. The van der Waals surface area contributed by atoms with E-state index in [2.05, 4.69) is 10.0 Å². The first kappa shape index (κ1) is 22.9. The smallest absolute Gasteiger partial charge is 0.255 e. The Kier molecular flexibility index (Phi) is 6.72. The summed E-state index contributed by atoms with van der Waals surface area (Å²) in [5.41, 5.74) is 0.240. The first-order valence-electron chi connectivity index (χ1n) is 8.77. The number of carbonyl (C=O) groups is 2. The van der Waals surface area contributed by atoms with Gasteiger partial charge in [-0.15, -0.1) is 0 Å². The van der Waals surface area contributed by atoms with E-state index in [4.69, 9.17) is 11.6 Å². The van der Waals surface area contributed by atoms with Gasteiger partial charge in [-0.1, -0.05) is 17.7 Å². The van der Waals surface area contributed by atoms with Crippen LogP contribution < -0.4 is 10.0 Å². The number of nitrogens with zero attached hydrogens (tertiary/aromatic N) is 1. The van der Waals surface area contributed by atoms with Crippen LogP contribution in [0, 0.1) is 0 Å². The van der Waals surface area contributed by atoms with Crippen molar-refractivity contribution in [2.45, 2.75) is 31.2 Å². The van der Waals surface area contributed by atoms with E-state index in [1.807, 2.05) is 0 Å². The van der Waals surface area contributed by atoms with E-state index in [0.29, 0.717) is 11.3 Å². The van der Waals surface area contributed by atoms with Crippen LogP contribution in [0.5, 0.6) is 0 Å². The molecule has 2 N–H and O–H groups in total. The summed E-state index contributed by atoms with van der Waals surface area (Å²) in [5, 5.41) is 2.68. The number of hydrogen-bond donors (Lipinski definition) is 2. The normalized spacial score (nSPS) is 11.8. The van der Waals surface area contributed by atoms with E-state index in [1.165, 1.54) is 23.1 Å². The number of benzene rings is 2. The largest absolute Gasteiger partial charge is 0.345 e. The number of nitrogens with one attached hydrogen (secondary N) is 2. The van der Waals surface area contributed by atoms with Crippen molar-refractivity contribution in [3.63, 3.8) is 0 Å². The van der Waals surface area contributed by atoms with Crippen LogP contribution in [0.3, 0.4) is 0 Å². The Morgan fingerprint density at radius 1 is 1.00 bits per heavy atom. The van der Waals surface area contributed by atoms with E-state index < -0.39 is 21.5 Å². The summed E-state index contributed by atoms with van der Waals surface area (Å²) in [6.07, 6.45) is 0. The maximum Gasteiger partial charge on any atom is 0.255 e. The molecule has 0 fully saturated rings. The van der Waals surface area contributed by atoms with Gasteiger partial charge in [-0.05, 0) is 57.2 Å². The van der Waals surface area contributed by atoms with Gasteiger partial charge in [0.2, 0.25) is 10.0 Å². The molecule has 0 bridgehead atoms. The lowest BCUT2D eigenvalue weighted by Gasteiger charge is -2.21. The second-order valence-corrected chi connectivity index (χ2v) is 9.79. The Labute approximate surface area is 176 Å². The molecule has 2 aromatic carbocycles. The molecule has 2 amide bonds. The summed E-state index contributed by atoms with van der Waals surface area (Å²) in [5.74, 6) is -0.724. The molecule has 0 saturated carbocycles. The van der Waals surface area contributed by atoms with Gasteiger partial charge >= 0.3 is 0 Å². The number of sulfonamides is 1. The molecule has 0 unspecified atom stereocenters. The predicted molar refractivity (Wildman–Crippen MR) is 114 cm³/mol. The molecule has 0 saturated heterocycles. The second kappa shape index (κ2) is 8.52. The molecule has 0 heterocycles. The first-order chi connectivity index (χ1) is 13.3. The molecular weight excluding hydrogens is 414 g/mol. The highest BCUT2D eigenvalue weighted by Crippen LogP contribution is 2.24. The number of amides is 2. The monoisotopic (exact) mass is 437 g/mol. The molecule has 156 valence electrons. The standard InChI is InChI=1S/C20H24ClN3O4S/c1-20(2,3)23-29(27,28)17-12-13(9-10-16(17)21)18(25)22-15-8-6-7-14(11-15)19(26)24(4)5/h6-12,23H,1-5H3,(H,22,25). The van der Waals surface area contributed by atoms with Gasteiger partial charge in [-0.2, -0.15) is 0 Å². The molecule has 0 aliphatic heterocycles. The van der Waals surface area contributed by atoms with Gasteiger partial charge in [-0.25, -0.2) is 13.1 Å². The minimum absolute atomic E-state index is 0.0110. The van der Waals surface area contributed by atoms with Crippen LogP contribution in [0.2, 0.25) is 5.02 Å². The van der Waals surface area contributed by atoms with Gasteiger partial charge in [0.25, 0.3) is 11.8 Å². The molecule has 29 heavy (non-hydrogen) atoms. The topological polar surface area (TPSA) is 95.6 Å². The highest BCUT2D eigenvalue weighted by molar-refractivity contribution is 7.89. The highest BCUT2D eigenvalue weighted by Gasteiger charge is 2.25. The fourth-order valence-corrected chi connectivity index (χ4v) is 4.45. The fourth-order valence-electron chi connectivity index (χ4n) is 2.50. The zero-order valence-electron chi connectivity index (χ0n) is 16.9. The van der Waals surface area contributed by atoms with Gasteiger partial charge in [0.1, 0.15) is 4.90 Å². The van der Waals surface area contributed by atoms with E-state index >= 15 is 0 Å². The molecule has 2 rings (SSSR count). The highest BCUT2D eigenvalue weighted by atomic mass is 35.5. The summed E-state index contributed by atoms with van der Waals surface area (Å²) in [6, 6.07) is 10.5. The molecule has 7 nitrogen and oxygen atoms in total.